The second-order valence-electron chi connectivity index (χ2n) is 7.89. The van der Waals surface area contributed by atoms with Crippen LogP contribution in [0.4, 0.5) is 5.69 Å². The van der Waals surface area contributed by atoms with E-state index in [2.05, 4.69) is 78.5 Å². The molecule has 25 heavy (non-hydrogen) atoms. The summed E-state index contributed by atoms with van der Waals surface area (Å²) in [4.78, 5) is 4.74. The van der Waals surface area contributed by atoms with Crippen molar-refractivity contribution in [3.63, 3.8) is 0 Å². The van der Waals surface area contributed by atoms with Gasteiger partial charge in [-0.1, -0.05) is 48.5 Å². The van der Waals surface area contributed by atoms with Crippen LogP contribution in [0.15, 0.2) is 54.6 Å². The fourth-order valence-corrected chi connectivity index (χ4v) is 4.85. The molecule has 1 N–H and O–H groups in total. The van der Waals surface area contributed by atoms with E-state index in [-0.39, 0.29) is 0 Å². The molecule has 0 amide bonds. The highest BCUT2D eigenvalue weighted by molar-refractivity contribution is 5.55. The molecule has 0 aromatic heterocycles. The van der Waals surface area contributed by atoms with Gasteiger partial charge in [0, 0.05) is 44.0 Å². The monoisotopic (exact) mass is 336 g/mol. The molecule has 2 aliphatic heterocycles. The lowest BCUT2D eigenvalue weighted by molar-refractivity contribution is -0.0591. The van der Waals surface area contributed by atoms with Crippen molar-refractivity contribution in [3.8, 4) is 0 Å². The minimum Gasteiger partial charge on any atom is -0.385 e. The van der Waals surface area contributed by atoms with Crippen molar-refractivity contribution in [2.24, 2.45) is 0 Å². The van der Waals surface area contributed by atoms with Crippen molar-refractivity contribution in [1.82, 2.24) is 4.90 Å². The Morgan fingerprint density at radius 2 is 1.56 bits per heavy atom. The van der Waals surface area contributed by atoms with Crippen LogP contribution in [0.3, 0.4) is 0 Å². The first-order valence-electron chi connectivity index (χ1n) is 9.36. The van der Waals surface area contributed by atoms with Gasteiger partial charge in [-0.15, -0.1) is 0 Å². The summed E-state index contributed by atoms with van der Waals surface area (Å²) >= 11 is 0. The molecule has 2 bridgehead atoms. The number of anilines is 1. The van der Waals surface area contributed by atoms with Gasteiger partial charge in [-0.05, 0) is 37.3 Å². The lowest BCUT2D eigenvalue weighted by atomic mass is 9.79. The third-order valence-corrected chi connectivity index (χ3v) is 6.01. The maximum atomic E-state index is 11.6. The summed E-state index contributed by atoms with van der Waals surface area (Å²) in [6.45, 7) is 1.00. The van der Waals surface area contributed by atoms with Gasteiger partial charge in [0.15, 0.2) is 0 Å². The summed E-state index contributed by atoms with van der Waals surface area (Å²) in [5.41, 5.74) is 2.90. The van der Waals surface area contributed by atoms with E-state index in [1.165, 1.54) is 18.4 Å². The minimum absolute atomic E-state index is 0.471. The molecule has 2 atom stereocenters. The summed E-state index contributed by atoms with van der Waals surface area (Å²) in [6, 6.07) is 20.0. The zero-order valence-corrected chi connectivity index (χ0v) is 15.2. The number of benzene rings is 2. The highest BCUT2D eigenvalue weighted by Crippen LogP contribution is 2.48. The highest BCUT2D eigenvalue weighted by Gasteiger charge is 2.48. The summed E-state index contributed by atoms with van der Waals surface area (Å²) in [5.74, 6) is 0. The molecule has 2 aromatic rings. The van der Waals surface area contributed by atoms with Crippen molar-refractivity contribution in [3.05, 3.63) is 65.7 Å². The Kier molecular flexibility index (Phi) is 4.30. The standard InChI is InChI=1S/C22H28N2O/c1-23(2)21-11-7-6-10-20(21)22(25)14-18-12-13-19(15-22)24(18)16-17-8-4-3-5-9-17/h3-11,18-19,25H,12-16H2,1-2H3. The second kappa shape index (κ2) is 6.47. The van der Waals surface area contributed by atoms with Crippen molar-refractivity contribution in [1.29, 1.82) is 0 Å². The third-order valence-electron chi connectivity index (χ3n) is 6.01. The third kappa shape index (κ3) is 3.07. The maximum Gasteiger partial charge on any atom is 0.0946 e. The van der Waals surface area contributed by atoms with Crippen LogP contribution in [0.1, 0.15) is 36.8 Å². The Bertz CT molecular complexity index is 714. The van der Waals surface area contributed by atoms with Gasteiger partial charge in [-0.2, -0.15) is 0 Å². The van der Waals surface area contributed by atoms with E-state index in [1.807, 2.05) is 0 Å². The molecule has 2 unspecified atom stereocenters. The predicted octanol–water partition coefficient (Wildman–Crippen LogP) is 3.77. The van der Waals surface area contributed by atoms with Gasteiger partial charge < -0.3 is 10.0 Å². The van der Waals surface area contributed by atoms with Crippen LogP contribution in [0.2, 0.25) is 0 Å². The van der Waals surface area contributed by atoms with E-state index in [0.29, 0.717) is 12.1 Å². The smallest absolute Gasteiger partial charge is 0.0946 e. The van der Waals surface area contributed by atoms with E-state index in [4.69, 9.17) is 0 Å². The van der Waals surface area contributed by atoms with Crippen LogP contribution >= 0.6 is 0 Å². The largest absolute Gasteiger partial charge is 0.385 e. The zero-order chi connectivity index (χ0) is 17.4. The highest BCUT2D eigenvalue weighted by atomic mass is 16.3. The molecule has 0 aliphatic carbocycles. The van der Waals surface area contributed by atoms with Gasteiger partial charge >= 0.3 is 0 Å². The van der Waals surface area contributed by atoms with E-state index in [9.17, 15) is 5.11 Å². The molecule has 2 aliphatic rings. The van der Waals surface area contributed by atoms with Crippen molar-refractivity contribution >= 4 is 5.69 Å². The first kappa shape index (κ1) is 16.6. The van der Waals surface area contributed by atoms with Gasteiger partial charge in [0.25, 0.3) is 0 Å². The Labute approximate surface area is 150 Å². The van der Waals surface area contributed by atoms with Crippen LogP contribution in [0.25, 0.3) is 0 Å². The molecule has 2 heterocycles. The lowest BCUT2D eigenvalue weighted by Gasteiger charge is -2.45. The molecule has 3 nitrogen and oxygen atoms in total. The van der Waals surface area contributed by atoms with E-state index >= 15 is 0 Å². The van der Waals surface area contributed by atoms with Gasteiger partial charge in [0.05, 0.1) is 5.60 Å². The fraction of sp³-hybridized carbons (Fsp3) is 0.455. The first-order chi connectivity index (χ1) is 12.1. The molecular formula is C22H28N2O. The Morgan fingerprint density at radius 3 is 2.20 bits per heavy atom. The molecule has 0 saturated carbocycles. The van der Waals surface area contributed by atoms with Crippen LogP contribution in [-0.2, 0) is 12.1 Å². The Balaban J connectivity index is 1.59. The molecule has 3 heteroatoms. The molecule has 132 valence electrons. The average Bonchev–Trinajstić information content (AvgIpc) is 2.86. The summed E-state index contributed by atoms with van der Waals surface area (Å²) in [5, 5.41) is 11.6. The number of hydrogen-bond acceptors (Lipinski definition) is 3. The molecule has 2 saturated heterocycles. The van der Waals surface area contributed by atoms with E-state index in [1.54, 1.807) is 0 Å². The molecule has 2 fully saturated rings. The Hall–Kier alpha value is -1.84. The average molecular weight is 336 g/mol. The lowest BCUT2D eigenvalue weighted by Crippen LogP contribution is -2.49. The molecule has 0 radical (unpaired) electrons. The van der Waals surface area contributed by atoms with Gasteiger partial charge in [-0.3, -0.25) is 4.90 Å². The Morgan fingerprint density at radius 1 is 0.960 bits per heavy atom. The zero-order valence-electron chi connectivity index (χ0n) is 15.2. The number of rotatable bonds is 4. The summed E-state index contributed by atoms with van der Waals surface area (Å²) < 4.78 is 0. The summed E-state index contributed by atoms with van der Waals surface area (Å²) in [6.07, 6.45) is 4.07. The predicted molar refractivity (Wildman–Crippen MR) is 103 cm³/mol. The molecule has 0 spiro atoms. The maximum absolute atomic E-state index is 11.6. The number of para-hydroxylation sites is 1. The van der Waals surface area contributed by atoms with Crippen LogP contribution in [0.5, 0.6) is 0 Å². The van der Waals surface area contributed by atoms with Crippen LogP contribution in [0, 0.1) is 0 Å². The fourth-order valence-electron chi connectivity index (χ4n) is 4.85. The molecular weight excluding hydrogens is 308 g/mol. The normalized spacial score (nSPS) is 28.9. The van der Waals surface area contributed by atoms with Crippen molar-refractivity contribution in [2.45, 2.75) is 49.9 Å². The quantitative estimate of drug-likeness (QED) is 0.921. The molecule has 4 rings (SSSR count). The number of hydrogen-bond donors (Lipinski definition) is 1. The topological polar surface area (TPSA) is 26.7 Å². The van der Waals surface area contributed by atoms with Crippen LogP contribution in [-0.4, -0.2) is 36.2 Å². The number of nitrogens with zero attached hydrogens (tertiary/aromatic N) is 2. The minimum atomic E-state index is -0.708. The van der Waals surface area contributed by atoms with E-state index < -0.39 is 5.60 Å². The molecule has 2 aromatic carbocycles. The van der Waals surface area contributed by atoms with Gasteiger partial charge in [0.2, 0.25) is 0 Å². The van der Waals surface area contributed by atoms with Crippen LogP contribution < -0.4 is 4.90 Å². The van der Waals surface area contributed by atoms with Crippen molar-refractivity contribution in [2.75, 3.05) is 19.0 Å². The van der Waals surface area contributed by atoms with Crippen molar-refractivity contribution < 1.29 is 5.11 Å². The number of aliphatic hydroxyl groups is 1. The number of piperidine rings is 1. The van der Waals surface area contributed by atoms with Gasteiger partial charge in [-0.25, -0.2) is 0 Å². The summed E-state index contributed by atoms with van der Waals surface area (Å²) in [7, 11) is 4.11. The second-order valence-corrected chi connectivity index (χ2v) is 7.89. The first-order valence-corrected chi connectivity index (χ1v) is 9.36. The van der Waals surface area contributed by atoms with Gasteiger partial charge in [0.1, 0.15) is 0 Å². The van der Waals surface area contributed by atoms with E-state index in [0.717, 1.165) is 30.6 Å². The number of fused-ring (bicyclic) bond motifs is 2. The SMILES string of the molecule is CN(C)c1ccccc1C1(O)CC2CCC(C1)N2Cc1ccccc1.